The van der Waals surface area contributed by atoms with Crippen LogP contribution in [0.5, 0.6) is 0 Å². The Hall–Kier alpha value is -2.88. The monoisotopic (exact) mass is 378 g/mol. The Kier molecular flexibility index (Phi) is 5.56. The zero-order valence-corrected chi connectivity index (χ0v) is 16.9. The van der Waals surface area contributed by atoms with Crippen molar-refractivity contribution in [3.05, 3.63) is 70.9 Å². The maximum absolute atomic E-state index is 12.5. The molecule has 2 aromatic carbocycles. The molecule has 0 bridgehead atoms. The Morgan fingerprint density at radius 3 is 2.46 bits per heavy atom. The van der Waals surface area contributed by atoms with Crippen molar-refractivity contribution in [2.45, 2.75) is 39.7 Å². The van der Waals surface area contributed by atoms with Gasteiger partial charge in [-0.05, 0) is 42.0 Å². The summed E-state index contributed by atoms with van der Waals surface area (Å²) in [6, 6.07) is 13.7. The van der Waals surface area contributed by atoms with Crippen molar-refractivity contribution in [3.8, 4) is 0 Å². The zero-order chi connectivity index (χ0) is 21.1. The van der Waals surface area contributed by atoms with E-state index in [-0.39, 0.29) is 18.5 Å². The molecule has 1 unspecified atom stereocenters. The smallest absolute Gasteiger partial charge is 0.313 e. The quantitative estimate of drug-likeness (QED) is 0.428. The van der Waals surface area contributed by atoms with Crippen LogP contribution in [0.1, 0.15) is 55.1 Å². The summed E-state index contributed by atoms with van der Waals surface area (Å²) in [7, 11) is 1.83. The number of carbonyl (C=O) groups is 2. The molecule has 0 amide bonds. The minimum absolute atomic E-state index is 0.167. The molecular weight excluding hydrogens is 350 g/mol. The molecule has 0 saturated heterocycles. The van der Waals surface area contributed by atoms with Gasteiger partial charge in [0.15, 0.2) is 6.26 Å². The SMILES string of the molecule is [2H]C(=O)c1cn(C)c2cc(COC(=O)C(C)c3ccc(CC(C)C)cc3)ccc12. The molecular formula is C24H27NO3. The third kappa shape index (κ3) is 4.33. The fourth-order valence-corrected chi connectivity index (χ4v) is 3.43. The van der Waals surface area contributed by atoms with Gasteiger partial charge in [-0.2, -0.15) is 0 Å². The van der Waals surface area contributed by atoms with Gasteiger partial charge in [0, 0.05) is 29.7 Å². The molecule has 1 aromatic heterocycles. The van der Waals surface area contributed by atoms with Crippen LogP contribution in [-0.2, 0) is 29.6 Å². The summed E-state index contributed by atoms with van der Waals surface area (Å²) in [5, 5.41) is 0.734. The fraction of sp³-hybridized carbons (Fsp3) is 0.333. The molecule has 1 atom stereocenters. The molecule has 4 heteroatoms. The number of aryl methyl sites for hydroxylation is 1. The average molecular weight is 378 g/mol. The normalized spacial score (nSPS) is 12.8. The summed E-state index contributed by atoms with van der Waals surface area (Å²) in [4.78, 5) is 23.9. The standard InChI is InChI=1S/C24H27NO3/c1-16(2)11-18-5-8-20(9-6-18)17(3)24(27)28-15-19-7-10-22-21(14-26)13-25(4)23(22)12-19/h5-10,12-14,16-17H,11,15H2,1-4H3/i14D. The van der Waals surface area contributed by atoms with Gasteiger partial charge in [0.2, 0.25) is 0 Å². The number of aldehydes is 1. The van der Waals surface area contributed by atoms with Gasteiger partial charge in [0.25, 0.3) is 0 Å². The van der Waals surface area contributed by atoms with Gasteiger partial charge in [0.1, 0.15) is 7.98 Å². The number of carbonyl (C=O) groups excluding carboxylic acids is 2. The summed E-state index contributed by atoms with van der Waals surface area (Å²) < 4.78 is 14.7. The van der Waals surface area contributed by atoms with E-state index >= 15 is 0 Å². The van der Waals surface area contributed by atoms with Crippen molar-refractivity contribution in [1.82, 2.24) is 4.57 Å². The third-order valence-electron chi connectivity index (χ3n) is 5.02. The number of benzene rings is 2. The molecule has 0 N–H and O–H groups in total. The Morgan fingerprint density at radius 1 is 1.14 bits per heavy atom. The summed E-state index contributed by atoms with van der Waals surface area (Å²) in [6.45, 7) is 6.39. The molecule has 146 valence electrons. The van der Waals surface area contributed by atoms with Crippen LogP contribution in [0.25, 0.3) is 10.9 Å². The first-order valence-corrected chi connectivity index (χ1v) is 9.60. The maximum Gasteiger partial charge on any atom is 0.313 e. The number of hydrogen-bond acceptors (Lipinski definition) is 3. The first-order chi connectivity index (χ1) is 13.8. The predicted octanol–water partition coefficient (Wildman–Crippen LogP) is 5.04. The van der Waals surface area contributed by atoms with Gasteiger partial charge < -0.3 is 9.30 Å². The number of aromatic nitrogens is 1. The lowest BCUT2D eigenvalue weighted by atomic mass is 9.97. The van der Waals surface area contributed by atoms with Gasteiger partial charge in [0.05, 0.1) is 5.92 Å². The Bertz CT molecular complexity index is 1030. The van der Waals surface area contributed by atoms with Crippen molar-refractivity contribution in [2.75, 3.05) is 0 Å². The zero-order valence-electron chi connectivity index (χ0n) is 17.9. The van der Waals surface area contributed by atoms with Crippen LogP contribution in [0.15, 0.2) is 48.7 Å². The Labute approximate surface area is 167 Å². The van der Waals surface area contributed by atoms with E-state index in [1.54, 1.807) is 12.3 Å². The van der Waals surface area contributed by atoms with E-state index in [0.717, 1.165) is 28.5 Å². The molecule has 1 heterocycles. The minimum Gasteiger partial charge on any atom is -0.460 e. The van der Waals surface area contributed by atoms with E-state index in [0.29, 0.717) is 11.5 Å². The van der Waals surface area contributed by atoms with E-state index in [1.807, 2.05) is 42.8 Å². The molecule has 0 radical (unpaired) electrons. The van der Waals surface area contributed by atoms with Crippen molar-refractivity contribution in [1.29, 1.82) is 0 Å². The van der Waals surface area contributed by atoms with Gasteiger partial charge >= 0.3 is 5.97 Å². The van der Waals surface area contributed by atoms with Crippen LogP contribution in [-0.4, -0.2) is 16.8 Å². The second-order valence-corrected chi connectivity index (χ2v) is 7.78. The van der Waals surface area contributed by atoms with Crippen molar-refractivity contribution in [3.63, 3.8) is 0 Å². The number of hydrogen-bond donors (Lipinski definition) is 0. The van der Waals surface area contributed by atoms with Crippen molar-refractivity contribution >= 4 is 23.1 Å². The summed E-state index contributed by atoms with van der Waals surface area (Å²) in [5.41, 5.74) is 4.27. The van der Waals surface area contributed by atoms with E-state index in [1.165, 1.54) is 5.56 Å². The number of ether oxygens (including phenoxy) is 1. The van der Waals surface area contributed by atoms with E-state index < -0.39 is 6.26 Å². The van der Waals surface area contributed by atoms with Gasteiger partial charge in [-0.1, -0.05) is 50.2 Å². The first-order valence-electron chi connectivity index (χ1n) is 10.1. The largest absolute Gasteiger partial charge is 0.460 e. The molecule has 0 aliphatic rings. The highest BCUT2D eigenvalue weighted by molar-refractivity contribution is 5.97. The van der Waals surface area contributed by atoms with E-state index in [2.05, 4.69) is 26.0 Å². The van der Waals surface area contributed by atoms with Crippen LogP contribution in [0.3, 0.4) is 0 Å². The van der Waals surface area contributed by atoms with Crippen LogP contribution in [0.2, 0.25) is 0 Å². The number of rotatable bonds is 7. The molecule has 0 saturated carbocycles. The summed E-state index contributed by atoms with van der Waals surface area (Å²) in [5.74, 6) is -0.00913. The van der Waals surface area contributed by atoms with E-state index in [9.17, 15) is 9.59 Å². The summed E-state index contributed by atoms with van der Waals surface area (Å²) in [6.07, 6.45) is 1.97. The number of esters is 1. The van der Waals surface area contributed by atoms with Crippen LogP contribution < -0.4 is 0 Å². The molecule has 3 aromatic rings. The first kappa shape index (κ1) is 18.5. The van der Waals surface area contributed by atoms with Gasteiger partial charge in [-0.25, -0.2) is 0 Å². The molecule has 0 aliphatic heterocycles. The molecule has 3 rings (SSSR count). The average Bonchev–Trinajstić information content (AvgIpc) is 3.02. The van der Waals surface area contributed by atoms with Crippen LogP contribution in [0, 0.1) is 5.92 Å². The maximum atomic E-state index is 12.5. The Balaban J connectivity index is 1.66. The highest BCUT2D eigenvalue weighted by Crippen LogP contribution is 2.23. The number of fused-ring (bicyclic) bond motifs is 1. The third-order valence-corrected chi connectivity index (χ3v) is 5.02. The molecule has 0 spiro atoms. The van der Waals surface area contributed by atoms with Crippen molar-refractivity contribution < 1.29 is 15.7 Å². The van der Waals surface area contributed by atoms with E-state index in [4.69, 9.17) is 6.11 Å². The topological polar surface area (TPSA) is 48.3 Å². The van der Waals surface area contributed by atoms with Crippen LogP contribution >= 0.6 is 0 Å². The molecule has 0 aliphatic carbocycles. The lowest BCUT2D eigenvalue weighted by Gasteiger charge is -2.13. The van der Waals surface area contributed by atoms with Gasteiger partial charge in [-0.15, -0.1) is 0 Å². The minimum atomic E-state index is -0.706. The number of nitrogens with zero attached hydrogens (tertiary/aromatic N) is 1. The van der Waals surface area contributed by atoms with Crippen LogP contribution in [0.4, 0.5) is 0 Å². The van der Waals surface area contributed by atoms with Crippen molar-refractivity contribution in [2.24, 2.45) is 13.0 Å². The predicted molar refractivity (Wildman–Crippen MR) is 112 cm³/mol. The second-order valence-electron chi connectivity index (χ2n) is 7.78. The van der Waals surface area contributed by atoms with Gasteiger partial charge in [-0.3, -0.25) is 9.59 Å². The highest BCUT2D eigenvalue weighted by atomic mass is 16.5. The second kappa shape index (κ2) is 8.42. The summed E-state index contributed by atoms with van der Waals surface area (Å²) >= 11 is 0. The highest BCUT2D eigenvalue weighted by Gasteiger charge is 2.17. The lowest BCUT2D eigenvalue weighted by Crippen LogP contribution is -2.13. The lowest BCUT2D eigenvalue weighted by molar-refractivity contribution is -0.146. The molecule has 4 nitrogen and oxygen atoms in total. The molecule has 28 heavy (non-hydrogen) atoms. The Morgan fingerprint density at radius 2 is 1.82 bits per heavy atom. The fourth-order valence-electron chi connectivity index (χ4n) is 3.43. The molecule has 0 fully saturated rings.